The first kappa shape index (κ1) is 14.5. The number of sulfonamides is 1. The van der Waals surface area contributed by atoms with Crippen LogP contribution in [0.4, 0.5) is 11.5 Å². The molecule has 0 atom stereocenters. The number of hydrogen-bond acceptors (Lipinski definition) is 5. The van der Waals surface area contributed by atoms with E-state index in [1.54, 1.807) is 10.7 Å². The zero-order valence-corrected chi connectivity index (χ0v) is 12.6. The third kappa shape index (κ3) is 2.81. The van der Waals surface area contributed by atoms with E-state index in [-0.39, 0.29) is 4.90 Å². The monoisotopic (exact) mass is 295 g/mol. The van der Waals surface area contributed by atoms with Gasteiger partial charge in [0.2, 0.25) is 10.0 Å². The number of nitrogens with zero attached hydrogens (tertiary/aromatic N) is 4. The fourth-order valence-corrected chi connectivity index (χ4v) is 2.53. The first-order valence-corrected chi connectivity index (χ1v) is 7.40. The fourth-order valence-electron chi connectivity index (χ4n) is 1.68. The second-order valence-corrected chi connectivity index (χ2v) is 6.75. The predicted octanol–water partition coefficient (Wildman–Crippen LogP) is 1.12. The zero-order chi connectivity index (χ0) is 14.9. The van der Waals surface area contributed by atoms with E-state index in [0.717, 1.165) is 15.7 Å². The van der Waals surface area contributed by atoms with Crippen molar-refractivity contribution in [3.63, 3.8) is 0 Å². The predicted molar refractivity (Wildman–Crippen MR) is 76.3 cm³/mol. The van der Waals surface area contributed by atoms with Crippen LogP contribution in [-0.4, -0.2) is 41.6 Å². The van der Waals surface area contributed by atoms with E-state index >= 15 is 0 Å². The molecule has 2 aromatic rings. The normalized spacial score (nSPS) is 11.8. The zero-order valence-electron chi connectivity index (χ0n) is 11.8. The summed E-state index contributed by atoms with van der Waals surface area (Å²) in [7, 11) is 1.36. The number of pyridine rings is 1. The molecule has 0 aliphatic rings. The summed E-state index contributed by atoms with van der Waals surface area (Å²) in [5.74, 6) is 0.568. The van der Waals surface area contributed by atoms with Gasteiger partial charge in [-0.1, -0.05) is 0 Å². The number of nitrogens with one attached hydrogen (secondary N) is 1. The first-order valence-electron chi connectivity index (χ1n) is 5.96. The van der Waals surface area contributed by atoms with Crippen LogP contribution < -0.4 is 5.32 Å². The van der Waals surface area contributed by atoms with Gasteiger partial charge in [0.15, 0.2) is 0 Å². The van der Waals surface area contributed by atoms with Crippen molar-refractivity contribution < 1.29 is 8.42 Å². The lowest BCUT2D eigenvalue weighted by Gasteiger charge is -2.11. The Morgan fingerprint density at radius 3 is 2.45 bits per heavy atom. The molecule has 2 heterocycles. The number of aryl methyl sites for hydroxylation is 2. The van der Waals surface area contributed by atoms with Crippen LogP contribution in [0.25, 0.3) is 0 Å². The second kappa shape index (κ2) is 5.22. The number of rotatable bonds is 4. The van der Waals surface area contributed by atoms with E-state index in [9.17, 15) is 8.42 Å². The highest BCUT2D eigenvalue weighted by Gasteiger charge is 2.17. The van der Waals surface area contributed by atoms with E-state index in [1.807, 2.05) is 20.2 Å². The van der Waals surface area contributed by atoms with Gasteiger partial charge in [-0.05, 0) is 19.1 Å². The lowest BCUT2D eigenvalue weighted by molar-refractivity contribution is 0.520. The standard InChI is InChI=1S/C12H17N5O2S/c1-9-11(8-17(4)15-9)14-12-6-5-10(7-13-12)20(18,19)16(2)3/h5-8H,1-4H3,(H,13,14). The molecule has 0 saturated heterocycles. The summed E-state index contributed by atoms with van der Waals surface area (Å²) in [6.07, 6.45) is 3.17. The highest BCUT2D eigenvalue weighted by molar-refractivity contribution is 7.89. The van der Waals surface area contributed by atoms with Crippen LogP contribution >= 0.6 is 0 Å². The van der Waals surface area contributed by atoms with Gasteiger partial charge in [-0.3, -0.25) is 4.68 Å². The van der Waals surface area contributed by atoms with Crippen LogP contribution in [0.3, 0.4) is 0 Å². The van der Waals surface area contributed by atoms with E-state index < -0.39 is 10.0 Å². The minimum atomic E-state index is -3.44. The quantitative estimate of drug-likeness (QED) is 0.914. The van der Waals surface area contributed by atoms with Gasteiger partial charge in [0.05, 0.1) is 11.4 Å². The Kier molecular flexibility index (Phi) is 3.78. The lowest BCUT2D eigenvalue weighted by atomic mass is 10.4. The molecule has 0 radical (unpaired) electrons. The van der Waals surface area contributed by atoms with Crippen molar-refractivity contribution in [1.82, 2.24) is 19.1 Å². The van der Waals surface area contributed by atoms with Gasteiger partial charge in [-0.25, -0.2) is 17.7 Å². The summed E-state index contributed by atoms with van der Waals surface area (Å²) in [6.45, 7) is 1.88. The minimum absolute atomic E-state index is 0.163. The third-order valence-electron chi connectivity index (χ3n) is 2.79. The summed E-state index contributed by atoms with van der Waals surface area (Å²) in [5, 5.41) is 7.31. The molecule has 1 N–H and O–H groups in total. The molecule has 0 amide bonds. The van der Waals surface area contributed by atoms with Crippen LogP contribution in [0.1, 0.15) is 5.69 Å². The molecular formula is C12H17N5O2S. The van der Waals surface area contributed by atoms with E-state index in [4.69, 9.17) is 0 Å². The topological polar surface area (TPSA) is 80.1 Å². The van der Waals surface area contributed by atoms with Gasteiger partial charge < -0.3 is 5.32 Å². The van der Waals surface area contributed by atoms with Crippen molar-refractivity contribution in [3.05, 3.63) is 30.2 Å². The minimum Gasteiger partial charge on any atom is -0.337 e. The highest BCUT2D eigenvalue weighted by Crippen LogP contribution is 2.19. The molecule has 2 aromatic heterocycles. The molecule has 20 heavy (non-hydrogen) atoms. The molecule has 2 rings (SSSR count). The Labute approximate surface area is 118 Å². The van der Waals surface area contributed by atoms with Crippen LogP contribution in [-0.2, 0) is 17.1 Å². The van der Waals surface area contributed by atoms with Crippen LogP contribution in [0.2, 0.25) is 0 Å². The summed E-state index contributed by atoms with van der Waals surface area (Å²) < 4.78 is 26.7. The number of hydrogen-bond donors (Lipinski definition) is 1. The summed E-state index contributed by atoms with van der Waals surface area (Å²) in [6, 6.07) is 3.15. The van der Waals surface area contributed by atoms with Gasteiger partial charge in [0.1, 0.15) is 10.7 Å². The van der Waals surface area contributed by atoms with Gasteiger partial charge in [0.25, 0.3) is 0 Å². The smallest absolute Gasteiger partial charge is 0.244 e. The van der Waals surface area contributed by atoms with Gasteiger partial charge in [-0.2, -0.15) is 5.10 Å². The van der Waals surface area contributed by atoms with Crippen LogP contribution in [0, 0.1) is 6.92 Å². The van der Waals surface area contributed by atoms with Crippen molar-refractivity contribution >= 4 is 21.5 Å². The molecule has 0 aliphatic carbocycles. The first-order chi connectivity index (χ1) is 9.30. The molecule has 8 heteroatoms. The average Bonchev–Trinajstić information content (AvgIpc) is 2.68. The van der Waals surface area contributed by atoms with Gasteiger partial charge in [0, 0.05) is 33.5 Å². The molecule has 0 aromatic carbocycles. The Hall–Kier alpha value is -1.93. The molecule has 0 fully saturated rings. The van der Waals surface area contributed by atoms with Crippen molar-refractivity contribution in [1.29, 1.82) is 0 Å². The van der Waals surface area contributed by atoms with E-state index in [0.29, 0.717) is 5.82 Å². The van der Waals surface area contributed by atoms with Gasteiger partial charge >= 0.3 is 0 Å². The Morgan fingerprint density at radius 2 is 2.00 bits per heavy atom. The second-order valence-electron chi connectivity index (χ2n) is 4.59. The molecule has 7 nitrogen and oxygen atoms in total. The Balaban J connectivity index is 2.23. The molecular weight excluding hydrogens is 278 g/mol. The van der Waals surface area contributed by atoms with Crippen molar-refractivity contribution in [2.75, 3.05) is 19.4 Å². The maximum atomic E-state index is 11.9. The lowest BCUT2D eigenvalue weighted by Crippen LogP contribution is -2.22. The molecule has 0 saturated carbocycles. The Bertz CT molecular complexity index is 704. The SMILES string of the molecule is Cc1nn(C)cc1Nc1ccc(S(=O)(=O)N(C)C)cn1. The van der Waals surface area contributed by atoms with Gasteiger partial charge in [-0.15, -0.1) is 0 Å². The van der Waals surface area contributed by atoms with Crippen LogP contribution in [0.15, 0.2) is 29.4 Å². The molecule has 0 spiro atoms. The largest absolute Gasteiger partial charge is 0.337 e. The summed E-state index contributed by atoms with van der Waals surface area (Å²) in [5.41, 5.74) is 1.68. The average molecular weight is 295 g/mol. The fraction of sp³-hybridized carbons (Fsp3) is 0.333. The number of anilines is 2. The maximum Gasteiger partial charge on any atom is 0.244 e. The van der Waals surface area contributed by atoms with E-state index in [1.165, 1.54) is 26.4 Å². The van der Waals surface area contributed by atoms with Crippen molar-refractivity contribution in [3.8, 4) is 0 Å². The van der Waals surface area contributed by atoms with Crippen LogP contribution in [0.5, 0.6) is 0 Å². The molecule has 108 valence electrons. The summed E-state index contributed by atoms with van der Waals surface area (Å²) >= 11 is 0. The number of aromatic nitrogens is 3. The summed E-state index contributed by atoms with van der Waals surface area (Å²) in [4.78, 5) is 4.28. The third-order valence-corrected chi connectivity index (χ3v) is 4.59. The highest BCUT2D eigenvalue weighted by atomic mass is 32.2. The Morgan fingerprint density at radius 1 is 1.30 bits per heavy atom. The van der Waals surface area contributed by atoms with Crippen molar-refractivity contribution in [2.24, 2.45) is 7.05 Å². The van der Waals surface area contributed by atoms with Crippen molar-refractivity contribution in [2.45, 2.75) is 11.8 Å². The maximum absolute atomic E-state index is 11.9. The molecule has 0 bridgehead atoms. The van der Waals surface area contributed by atoms with E-state index in [2.05, 4.69) is 15.4 Å². The molecule has 0 unspecified atom stereocenters. The molecule has 0 aliphatic heterocycles.